The van der Waals surface area contributed by atoms with Crippen molar-refractivity contribution >= 4 is 26.8 Å². The van der Waals surface area contributed by atoms with E-state index in [1.807, 2.05) is 24.6 Å². The number of hydrogen-bond donors (Lipinski definition) is 2. The van der Waals surface area contributed by atoms with E-state index < -0.39 is 0 Å². The van der Waals surface area contributed by atoms with E-state index in [9.17, 15) is 9.50 Å². The number of aliphatic hydroxyl groups is 1. The molecule has 3 nitrogen and oxygen atoms in total. The number of rotatable bonds is 4. The van der Waals surface area contributed by atoms with Crippen LogP contribution in [0.25, 0.3) is 10.9 Å². The molecular formula is C14H18BrFN2O. The van der Waals surface area contributed by atoms with Crippen LogP contribution in [0.15, 0.2) is 22.8 Å². The molecule has 0 radical (unpaired) electrons. The zero-order valence-electron chi connectivity index (χ0n) is 11.1. The molecule has 0 spiro atoms. The summed E-state index contributed by atoms with van der Waals surface area (Å²) >= 11 is 3.21. The van der Waals surface area contributed by atoms with E-state index >= 15 is 0 Å². The van der Waals surface area contributed by atoms with Crippen molar-refractivity contribution in [3.05, 3.63) is 34.2 Å². The molecule has 0 amide bonds. The van der Waals surface area contributed by atoms with E-state index in [2.05, 4.69) is 15.9 Å². The lowest BCUT2D eigenvalue weighted by atomic mass is 9.95. The molecule has 0 aliphatic carbocycles. The Kier molecular flexibility index (Phi) is 3.99. The number of hydrogen-bond acceptors (Lipinski definition) is 2. The number of nitrogens with zero attached hydrogens (tertiary/aromatic N) is 1. The van der Waals surface area contributed by atoms with Gasteiger partial charge in [0.25, 0.3) is 0 Å². The van der Waals surface area contributed by atoms with Crippen LogP contribution < -0.4 is 5.73 Å². The summed E-state index contributed by atoms with van der Waals surface area (Å²) in [6.45, 7) is 5.08. The first-order chi connectivity index (χ1) is 8.88. The molecule has 0 aliphatic heterocycles. The summed E-state index contributed by atoms with van der Waals surface area (Å²) < 4.78 is 16.1. The van der Waals surface area contributed by atoms with Crippen molar-refractivity contribution in [3.8, 4) is 0 Å². The molecule has 0 fully saturated rings. The fraction of sp³-hybridized carbons (Fsp3) is 0.429. The number of aromatic nitrogens is 1. The highest BCUT2D eigenvalue weighted by molar-refractivity contribution is 9.10. The van der Waals surface area contributed by atoms with Gasteiger partial charge in [0.2, 0.25) is 0 Å². The Morgan fingerprint density at radius 3 is 2.68 bits per heavy atom. The first kappa shape index (κ1) is 14.5. The average Bonchev–Trinajstić information content (AvgIpc) is 2.67. The van der Waals surface area contributed by atoms with Crippen LogP contribution in [0.2, 0.25) is 0 Å². The average molecular weight is 329 g/mol. The van der Waals surface area contributed by atoms with E-state index in [0.717, 1.165) is 16.5 Å². The van der Waals surface area contributed by atoms with Gasteiger partial charge in [-0.15, -0.1) is 0 Å². The predicted molar refractivity (Wildman–Crippen MR) is 78.4 cm³/mol. The maximum absolute atomic E-state index is 13.6. The summed E-state index contributed by atoms with van der Waals surface area (Å²) in [5.74, 6) is -0.290. The Balaban J connectivity index is 2.59. The fourth-order valence-corrected chi connectivity index (χ4v) is 2.49. The van der Waals surface area contributed by atoms with Crippen LogP contribution in [-0.4, -0.2) is 16.3 Å². The molecule has 3 N–H and O–H groups in total. The van der Waals surface area contributed by atoms with Crippen molar-refractivity contribution in [2.45, 2.75) is 26.9 Å². The summed E-state index contributed by atoms with van der Waals surface area (Å²) in [5.41, 5.74) is 7.32. The Labute approximate surface area is 120 Å². The van der Waals surface area contributed by atoms with Gasteiger partial charge in [-0.05, 0) is 33.6 Å². The molecule has 0 unspecified atom stereocenters. The van der Waals surface area contributed by atoms with Gasteiger partial charge in [-0.1, -0.05) is 13.8 Å². The molecule has 1 aromatic carbocycles. The first-order valence-electron chi connectivity index (χ1n) is 6.15. The molecule has 1 heterocycles. The van der Waals surface area contributed by atoms with Crippen molar-refractivity contribution in [2.75, 3.05) is 6.61 Å². The largest absolute Gasteiger partial charge is 0.396 e. The van der Waals surface area contributed by atoms with E-state index in [1.165, 1.54) is 6.07 Å². The van der Waals surface area contributed by atoms with Gasteiger partial charge in [0.15, 0.2) is 0 Å². The second-order valence-electron chi connectivity index (χ2n) is 5.59. The van der Waals surface area contributed by atoms with Crippen molar-refractivity contribution in [1.29, 1.82) is 0 Å². The number of aliphatic hydroxyl groups excluding tert-OH is 1. The summed E-state index contributed by atoms with van der Waals surface area (Å²) in [4.78, 5) is 0. The van der Waals surface area contributed by atoms with Crippen molar-refractivity contribution in [1.82, 2.24) is 4.57 Å². The predicted octanol–water partition coefficient (Wildman–Crippen LogP) is 3.02. The lowest BCUT2D eigenvalue weighted by molar-refractivity contribution is 0.142. The molecular weight excluding hydrogens is 311 g/mol. The molecule has 1 aromatic heterocycles. The van der Waals surface area contributed by atoms with Gasteiger partial charge in [-0.25, -0.2) is 4.39 Å². The van der Waals surface area contributed by atoms with E-state index in [-0.39, 0.29) is 17.8 Å². The Morgan fingerprint density at radius 2 is 2.11 bits per heavy atom. The number of nitrogens with two attached hydrogens (primary N) is 1. The summed E-state index contributed by atoms with van der Waals surface area (Å²) in [7, 11) is 0. The van der Waals surface area contributed by atoms with Gasteiger partial charge in [-0.2, -0.15) is 0 Å². The molecule has 5 heteroatoms. The third-order valence-electron chi connectivity index (χ3n) is 3.25. The second-order valence-corrected chi connectivity index (χ2v) is 6.45. The number of halogens is 2. The second kappa shape index (κ2) is 5.23. The van der Waals surface area contributed by atoms with Crippen LogP contribution in [-0.2, 0) is 13.1 Å². The monoisotopic (exact) mass is 328 g/mol. The molecule has 19 heavy (non-hydrogen) atoms. The number of benzene rings is 1. The van der Waals surface area contributed by atoms with Crippen LogP contribution >= 0.6 is 15.9 Å². The van der Waals surface area contributed by atoms with Gasteiger partial charge in [0.05, 0.1) is 4.47 Å². The third kappa shape index (κ3) is 2.83. The Bertz CT molecular complexity index is 607. The SMILES string of the molecule is CC(C)(CO)Cn1cc(CN)c2cc(F)c(Br)cc21. The standard InChI is InChI=1S/C14H18BrFN2O/c1-14(2,8-19)7-18-6-9(5-17)10-3-12(16)11(15)4-13(10)18/h3-4,6,19H,5,7-8,17H2,1-2H3. The molecule has 2 aromatic rings. The molecule has 0 atom stereocenters. The summed E-state index contributed by atoms with van der Waals surface area (Å²) in [5, 5.41) is 10.2. The van der Waals surface area contributed by atoms with Crippen LogP contribution in [0.4, 0.5) is 4.39 Å². The van der Waals surface area contributed by atoms with Gasteiger partial charge in [-0.3, -0.25) is 0 Å². The van der Waals surface area contributed by atoms with E-state index in [4.69, 9.17) is 5.73 Å². The van der Waals surface area contributed by atoms with Crippen LogP contribution in [0.3, 0.4) is 0 Å². The van der Waals surface area contributed by atoms with Gasteiger partial charge >= 0.3 is 0 Å². The maximum Gasteiger partial charge on any atom is 0.138 e. The van der Waals surface area contributed by atoms with Crippen molar-refractivity contribution < 1.29 is 9.50 Å². The smallest absolute Gasteiger partial charge is 0.138 e. The highest BCUT2D eigenvalue weighted by atomic mass is 79.9. The summed E-state index contributed by atoms with van der Waals surface area (Å²) in [6.07, 6.45) is 1.94. The molecule has 2 rings (SSSR count). The van der Waals surface area contributed by atoms with Crippen LogP contribution in [0.5, 0.6) is 0 Å². The van der Waals surface area contributed by atoms with Gasteiger partial charge < -0.3 is 15.4 Å². The zero-order chi connectivity index (χ0) is 14.2. The fourth-order valence-electron chi connectivity index (χ4n) is 2.16. The molecule has 0 bridgehead atoms. The Morgan fingerprint density at radius 1 is 1.42 bits per heavy atom. The van der Waals surface area contributed by atoms with Gasteiger partial charge in [0, 0.05) is 42.2 Å². The quantitative estimate of drug-likeness (QED) is 0.906. The lowest BCUT2D eigenvalue weighted by Crippen LogP contribution is -2.23. The number of fused-ring (bicyclic) bond motifs is 1. The highest BCUT2D eigenvalue weighted by Crippen LogP contribution is 2.29. The van der Waals surface area contributed by atoms with Gasteiger partial charge in [0.1, 0.15) is 5.82 Å². The normalized spacial score (nSPS) is 12.3. The first-order valence-corrected chi connectivity index (χ1v) is 6.95. The molecule has 0 saturated carbocycles. The molecule has 0 saturated heterocycles. The maximum atomic E-state index is 13.6. The molecule has 0 aliphatic rings. The lowest BCUT2D eigenvalue weighted by Gasteiger charge is -2.22. The third-order valence-corrected chi connectivity index (χ3v) is 3.86. The Hall–Kier alpha value is -0.910. The molecule has 104 valence electrons. The van der Waals surface area contributed by atoms with Crippen LogP contribution in [0.1, 0.15) is 19.4 Å². The minimum Gasteiger partial charge on any atom is -0.396 e. The minimum absolute atomic E-state index is 0.0903. The zero-order valence-corrected chi connectivity index (χ0v) is 12.7. The van der Waals surface area contributed by atoms with E-state index in [1.54, 1.807) is 6.07 Å². The van der Waals surface area contributed by atoms with E-state index in [0.29, 0.717) is 17.6 Å². The van der Waals surface area contributed by atoms with Crippen molar-refractivity contribution in [3.63, 3.8) is 0 Å². The summed E-state index contributed by atoms with van der Waals surface area (Å²) in [6, 6.07) is 3.27. The minimum atomic E-state index is -0.290. The van der Waals surface area contributed by atoms with Crippen molar-refractivity contribution in [2.24, 2.45) is 11.1 Å². The highest BCUT2D eigenvalue weighted by Gasteiger charge is 2.20. The van der Waals surface area contributed by atoms with Crippen LogP contribution in [0, 0.1) is 11.2 Å². The topological polar surface area (TPSA) is 51.2 Å².